The molecular formula is C17H27NO3. The van der Waals surface area contributed by atoms with E-state index in [4.69, 9.17) is 9.47 Å². The van der Waals surface area contributed by atoms with Crippen molar-refractivity contribution in [2.24, 2.45) is 5.92 Å². The van der Waals surface area contributed by atoms with E-state index in [-0.39, 0.29) is 5.91 Å². The third-order valence-electron chi connectivity index (χ3n) is 2.92. The number of hydrogen-bond donors (Lipinski definition) is 1. The van der Waals surface area contributed by atoms with Gasteiger partial charge in [-0.25, -0.2) is 0 Å². The molecule has 1 unspecified atom stereocenters. The fourth-order valence-electron chi connectivity index (χ4n) is 1.72. The summed E-state index contributed by atoms with van der Waals surface area (Å²) in [6.45, 7) is 10.1. The van der Waals surface area contributed by atoms with Crippen LogP contribution in [0.3, 0.4) is 0 Å². The molecule has 4 heteroatoms. The molecule has 4 nitrogen and oxygen atoms in total. The molecule has 0 radical (unpaired) electrons. The van der Waals surface area contributed by atoms with Crippen LogP contribution in [0.25, 0.3) is 0 Å². The van der Waals surface area contributed by atoms with Gasteiger partial charge in [0.15, 0.2) is 6.10 Å². The van der Waals surface area contributed by atoms with Crippen molar-refractivity contribution in [2.45, 2.75) is 40.2 Å². The average molecular weight is 293 g/mol. The summed E-state index contributed by atoms with van der Waals surface area (Å²) >= 11 is 0. The summed E-state index contributed by atoms with van der Waals surface area (Å²) in [6.07, 6.45) is 0.319. The SMILES string of the molecule is Cc1ccc(OC(C)C(=O)NCCCOCC(C)C)cc1. The molecule has 118 valence electrons. The molecular weight excluding hydrogens is 266 g/mol. The van der Waals surface area contributed by atoms with Crippen molar-refractivity contribution in [1.82, 2.24) is 5.32 Å². The lowest BCUT2D eigenvalue weighted by molar-refractivity contribution is -0.127. The van der Waals surface area contributed by atoms with Crippen molar-refractivity contribution >= 4 is 5.91 Å². The Balaban J connectivity index is 2.18. The summed E-state index contributed by atoms with van der Waals surface area (Å²) in [5, 5.41) is 2.86. The lowest BCUT2D eigenvalue weighted by Gasteiger charge is -2.15. The van der Waals surface area contributed by atoms with Crippen LogP contribution in [0.5, 0.6) is 5.75 Å². The molecule has 0 aliphatic carbocycles. The number of carbonyl (C=O) groups is 1. The maximum Gasteiger partial charge on any atom is 0.260 e. The number of amides is 1. The topological polar surface area (TPSA) is 47.6 Å². The molecule has 1 amide bonds. The smallest absolute Gasteiger partial charge is 0.260 e. The van der Waals surface area contributed by atoms with Crippen molar-refractivity contribution in [3.8, 4) is 5.75 Å². The Hall–Kier alpha value is -1.55. The van der Waals surface area contributed by atoms with E-state index < -0.39 is 6.10 Å². The van der Waals surface area contributed by atoms with Crippen LogP contribution in [-0.2, 0) is 9.53 Å². The molecule has 1 aromatic carbocycles. The van der Waals surface area contributed by atoms with Crippen molar-refractivity contribution in [3.63, 3.8) is 0 Å². The highest BCUT2D eigenvalue weighted by molar-refractivity contribution is 5.80. The highest BCUT2D eigenvalue weighted by Crippen LogP contribution is 2.13. The molecule has 0 saturated carbocycles. The molecule has 0 heterocycles. The van der Waals surface area contributed by atoms with Gasteiger partial charge in [0.25, 0.3) is 5.91 Å². The molecule has 1 aromatic rings. The van der Waals surface area contributed by atoms with E-state index in [0.717, 1.165) is 13.0 Å². The second kappa shape index (κ2) is 9.40. The molecule has 1 atom stereocenters. The number of hydrogen-bond acceptors (Lipinski definition) is 3. The monoisotopic (exact) mass is 293 g/mol. The molecule has 21 heavy (non-hydrogen) atoms. The molecule has 0 aromatic heterocycles. The first-order valence-electron chi connectivity index (χ1n) is 7.58. The molecule has 0 bridgehead atoms. The van der Waals surface area contributed by atoms with Gasteiger partial charge in [0, 0.05) is 19.8 Å². The summed E-state index contributed by atoms with van der Waals surface area (Å²) in [5.41, 5.74) is 1.17. The highest BCUT2D eigenvalue weighted by Gasteiger charge is 2.13. The standard InChI is InChI=1S/C17H27NO3/c1-13(2)12-20-11-5-10-18-17(19)15(4)21-16-8-6-14(3)7-9-16/h6-9,13,15H,5,10-12H2,1-4H3,(H,18,19). The van der Waals surface area contributed by atoms with Gasteiger partial charge in [-0.1, -0.05) is 31.5 Å². The zero-order chi connectivity index (χ0) is 15.7. The van der Waals surface area contributed by atoms with Crippen LogP contribution >= 0.6 is 0 Å². The molecule has 0 aliphatic rings. The third kappa shape index (κ3) is 7.71. The van der Waals surface area contributed by atoms with Gasteiger partial charge in [-0.2, -0.15) is 0 Å². The minimum atomic E-state index is -0.496. The highest BCUT2D eigenvalue weighted by atomic mass is 16.5. The van der Waals surface area contributed by atoms with Crippen LogP contribution in [0.4, 0.5) is 0 Å². The van der Waals surface area contributed by atoms with E-state index in [0.29, 0.717) is 24.8 Å². The maximum atomic E-state index is 11.9. The maximum absolute atomic E-state index is 11.9. The Morgan fingerprint density at radius 3 is 2.48 bits per heavy atom. The summed E-state index contributed by atoms with van der Waals surface area (Å²) in [5.74, 6) is 1.16. The van der Waals surface area contributed by atoms with Gasteiger partial charge in [0.2, 0.25) is 0 Å². The number of nitrogens with one attached hydrogen (secondary N) is 1. The molecule has 0 aliphatic heterocycles. The zero-order valence-corrected chi connectivity index (χ0v) is 13.5. The average Bonchev–Trinajstić information content (AvgIpc) is 2.44. The predicted molar refractivity (Wildman–Crippen MR) is 84.6 cm³/mol. The van der Waals surface area contributed by atoms with Crippen molar-refractivity contribution in [1.29, 1.82) is 0 Å². The van der Waals surface area contributed by atoms with E-state index in [9.17, 15) is 4.79 Å². The molecule has 0 fully saturated rings. The molecule has 1 rings (SSSR count). The van der Waals surface area contributed by atoms with E-state index in [1.165, 1.54) is 5.56 Å². The Morgan fingerprint density at radius 2 is 1.86 bits per heavy atom. The van der Waals surface area contributed by atoms with Gasteiger partial charge < -0.3 is 14.8 Å². The molecule has 1 N–H and O–H groups in total. The molecule has 0 spiro atoms. The van der Waals surface area contributed by atoms with E-state index in [1.807, 2.05) is 31.2 Å². The van der Waals surface area contributed by atoms with Gasteiger partial charge >= 0.3 is 0 Å². The first-order valence-corrected chi connectivity index (χ1v) is 7.58. The Kier molecular flexibility index (Phi) is 7.83. The van der Waals surface area contributed by atoms with Crippen LogP contribution in [0.15, 0.2) is 24.3 Å². The summed E-state index contributed by atoms with van der Waals surface area (Å²) in [6, 6.07) is 7.68. The number of rotatable bonds is 9. The Labute approximate surface area is 127 Å². The van der Waals surface area contributed by atoms with Crippen LogP contribution in [0.2, 0.25) is 0 Å². The van der Waals surface area contributed by atoms with E-state index in [1.54, 1.807) is 6.92 Å². The first kappa shape index (κ1) is 17.5. The third-order valence-corrected chi connectivity index (χ3v) is 2.92. The van der Waals surface area contributed by atoms with E-state index >= 15 is 0 Å². The van der Waals surface area contributed by atoms with Crippen molar-refractivity contribution in [3.05, 3.63) is 29.8 Å². The van der Waals surface area contributed by atoms with Gasteiger partial charge in [-0.15, -0.1) is 0 Å². The van der Waals surface area contributed by atoms with Crippen LogP contribution in [0.1, 0.15) is 32.8 Å². The van der Waals surface area contributed by atoms with Gasteiger partial charge in [0.1, 0.15) is 5.75 Å². The fourth-order valence-corrected chi connectivity index (χ4v) is 1.72. The Bertz CT molecular complexity index is 415. The second-order valence-corrected chi connectivity index (χ2v) is 5.69. The number of benzene rings is 1. The Morgan fingerprint density at radius 1 is 1.19 bits per heavy atom. The van der Waals surface area contributed by atoms with Crippen LogP contribution < -0.4 is 10.1 Å². The lowest BCUT2D eigenvalue weighted by Crippen LogP contribution is -2.37. The quantitative estimate of drug-likeness (QED) is 0.712. The summed E-state index contributed by atoms with van der Waals surface area (Å²) < 4.78 is 11.1. The molecule has 0 saturated heterocycles. The zero-order valence-electron chi connectivity index (χ0n) is 13.5. The largest absolute Gasteiger partial charge is 0.481 e. The minimum Gasteiger partial charge on any atom is -0.481 e. The van der Waals surface area contributed by atoms with Crippen LogP contribution in [0, 0.1) is 12.8 Å². The minimum absolute atomic E-state index is 0.0977. The van der Waals surface area contributed by atoms with Crippen molar-refractivity contribution in [2.75, 3.05) is 19.8 Å². The van der Waals surface area contributed by atoms with Crippen molar-refractivity contribution < 1.29 is 14.3 Å². The van der Waals surface area contributed by atoms with Gasteiger partial charge in [0.05, 0.1) is 0 Å². The fraction of sp³-hybridized carbons (Fsp3) is 0.588. The second-order valence-electron chi connectivity index (χ2n) is 5.69. The number of ether oxygens (including phenoxy) is 2. The van der Waals surface area contributed by atoms with Crippen LogP contribution in [-0.4, -0.2) is 31.8 Å². The lowest BCUT2D eigenvalue weighted by atomic mass is 10.2. The van der Waals surface area contributed by atoms with Gasteiger partial charge in [-0.05, 0) is 38.3 Å². The first-order chi connectivity index (χ1) is 9.99. The van der Waals surface area contributed by atoms with Gasteiger partial charge in [-0.3, -0.25) is 4.79 Å². The van der Waals surface area contributed by atoms with E-state index in [2.05, 4.69) is 19.2 Å². The predicted octanol–water partition coefficient (Wildman–Crippen LogP) is 2.94. The summed E-state index contributed by atoms with van der Waals surface area (Å²) in [7, 11) is 0. The number of aryl methyl sites for hydroxylation is 1. The summed E-state index contributed by atoms with van der Waals surface area (Å²) in [4.78, 5) is 11.9. The number of carbonyl (C=O) groups excluding carboxylic acids is 1. The normalized spacial score (nSPS) is 12.2.